The molecule has 1 aromatic carbocycles. The lowest BCUT2D eigenvalue weighted by atomic mass is 10.0. The highest BCUT2D eigenvalue weighted by Gasteiger charge is 2.20. The number of benzene rings is 1. The number of hydrogen-bond acceptors (Lipinski definition) is 2. The Kier molecular flexibility index (Phi) is 4.05. The summed E-state index contributed by atoms with van der Waals surface area (Å²) in [5.41, 5.74) is 2.82. The Hall–Kier alpha value is -1.32. The Balaban J connectivity index is 1.92. The number of hydrogen-bond donors (Lipinski definition) is 0. The number of imidazole rings is 1. The van der Waals surface area contributed by atoms with Gasteiger partial charge in [0.1, 0.15) is 5.82 Å². The van der Waals surface area contributed by atoms with Gasteiger partial charge in [-0.3, -0.25) is 4.79 Å². The third-order valence-electron chi connectivity index (χ3n) is 3.95. The first-order valence-corrected chi connectivity index (χ1v) is 7.85. The zero-order valence-corrected chi connectivity index (χ0v) is 13.3. The van der Waals surface area contributed by atoms with Gasteiger partial charge in [0, 0.05) is 16.3 Å². The van der Waals surface area contributed by atoms with Gasteiger partial charge in [-0.1, -0.05) is 23.2 Å². The van der Waals surface area contributed by atoms with Crippen LogP contribution < -0.4 is 0 Å². The molecule has 0 unspecified atom stereocenters. The first kappa shape index (κ1) is 14.6. The highest BCUT2D eigenvalue weighted by atomic mass is 35.5. The molecule has 110 valence electrons. The third kappa shape index (κ3) is 2.85. The lowest BCUT2D eigenvalue weighted by Gasteiger charge is -2.14. The van der Waals surface area contributed by atoms with Gasteiger partial charge in [0.05, 0.1) is 17.3 Å². The van der Waals surface area contributed by atoms with Crippen LogP contribution in [-0.2, 0) is 19.4 Å². The minimum Gasteiger partial charge on any atom is -0.324 e. The molecule has 3 nitrogen and oxygen atoms in total. The van der Waals surface area contributed by atoms with Crippen molar-refractivity contribution in [2.24, 2.45) is 0 Å². The maximum absolute atomic E-state index is 12.5. The summed E-state index contributed by atoms with van der Waals surface area (Å²) < 4.78 is 2.02. The topological polar surface area (TPSA) is 34.9 Å². The average molecular weight is 323 g/mol. The van der Waals surface area contributed by atoms with E-state index in [1.54, 1.807) is 18.2 Å². The summed E-state index contributed by atoms with van der Waals surface area (Å²) in [6.45, 7) is 2.22. The second-order valence-corrected chi connectivity index (χ2v) is 6.24. The molecule has 0 bridgehead atoms. The van der Waals surface area contributed by atoms with E-state index >= 15 is 0 Å². The van der Waals surface area contributed by atoms with Gasteiger partial charge in [0.15, 0.2) is 5.78 Å². The second-order valence-electron chi connectivity index (χ2n) is 5.39. The lowest BCUT2D eigenvalue weighted by molar-refractivity contribution is 0.0970. The van der Waals surface area contributed by atoms with Gasteiger partial charge < -0.3 is 4.57 Å². The third-order valence-corrected chi connectivity index (χ3v) is 4.52. The molecule has 0 saturated carbocycles. The molecule has 0 atom stereocenters. The van der Waals surface area contributed by atoms with Crippen LogP contribution in [0.25, 0.3) is 0 Å². The molecule has 5 heteroatoms. The summed E-state index contributed by atoms with van der Waals surface area (Å²) in [6.07, 6.45) is 4.34. The van der Waals surface area contributed by atoms with Crippen LogP contribution in [0.3, 0.4) is 0 Å². The summed E-state index contributed by atoms with van der Waals surface area (Å²) in [5.74, 6) is 0.866. The zero-order chi connectivity index (χ0) is 15.0. The summed E-state index contributed by atoms with van der Waals surface area (Å²) >= 11 is 12.1. The maximum atomic E-state index is 12.5. The standard InChI is InChI=1S/C16H16Cl2N2O/c1-10-19-14-4-2-3-5-15(14)20(10)9-16(21)12-8-11(17)6-7-13(12)18/h6-8H,2-5,9H2,1H3. The molecule has 3 rings (SSSR count). The Labute approximate surface area is 133 Å². The summed E-state index contributed by atoms with van der Waals surface area (Å²) in [6, 6.07) is 4.98. The number of fused-ring (bicyclic) bond motifs is 1. The first-order valence-electron chi connectivity index (χ1n) is 7.09. The van der Waals surface area contributed by atoms with E-state index in [9.17, 15) is 4.79 Å². The average Bonchev–Trinajstić information content (AvgIpc) is 2.78. The van der Waals surface area contributed by atoms with Crippen molar-refractivity contribution >= 4 is 29.0 Å². The smallest absolute Gasteiger partial charge is 0.184 e. The van der Waals surface area contributed by atoms with E-state index in [1.165, 1.54) is 12.1 Å². The van der Waals surface area contributed by atoms with E-state index in [1.807, 2.05) is 11.5 Å². The van der Waals surface area contributed by atoms with Crippen LogP contribution in [0.4, 0.5) is 0 Å². The molecule has 1 heterocycles. The van der Waals surface area contributed by atoms with Gasteiger partial charge in [0.2, 0.25) is 0 Å². The highest BCUT2D eigenvalue weighted by Crippen LogP contribution is 2.25. The number of rotatable bonds is 3. The molecule has 1 aromatic heterocycles. The van der Waals surface area contributed by atoms with Crippen molar-refractivity contribution in [3.63, 3.8) is 0 Å². The molecule has 0 amide bonds. The van der Waals surface area contributed by atoms with E-state index in [-0.39, 0.29) is 12.3 Å². The maximum Gasteiger partial charge on any atom is 0.184 e. The summed E-state index contributed by atoms with van der Waals surface area (Å²) in [7, 11) is 0. The van der Waals surface area contributed by atoms with Gasteiger partial charge in [-0.2, -0.15) is 0 Å². The van der Waals surface area contributed by atoms with E-state index in [0.29, 0.717) is 15.6 Å². The van der Waals surface area contributed by atoms with E-state index in [0.717, 1.165) is 30.8 Å². The number of aromatic nitrogens is 2. The minimum atomic E-state index is -0.0311. The molecular weight excluding hydrogens is 307 g/mol. The summed E-state index contributed by atoms with van der Waals surface area (Å²) in [5, 5.41) is 0.961. The van der Waals surface area contributed by atoms with Crippen LogP contribution in [0.15, 0.2) is 18.2 Å². The predicted octanol–water partition coefficient (Wildman–Crippen LogP) is 4.26. The second kappa shape index (κ2) is 5.82. The molecule has 1 aliphatic carbocycles. The molecule has 2 aromatic rings. The number of aryl methyl sites for hydroxylation is 2. The van der Waals surface area contributed by atoms with E-state index in [2.05, 4.69) is 4.98 Å². The Morgan fingerprint density at radius 2 is 2.05 bits per heavy atom. The van der Waals surface area contributed by atoms with Crippen LogP contribution >= 0.6 is 23.2 Å². The Bertz CT molecular complexity index is 707. The van der Waals surface area contributed by atoms with Gasteiger partial charge in [-0.25, -0.2) is 4.98 Å². The van der Waals surface area contributed by atoms with Gasteiger partial charge >= 0.3 is 0 Å². The SMILES string of the molecule is Cc1nc2c(n1CC(=O)c1cc(Cl)ccc1Cl)CCCC2. The molecule has 1 aliphatic rings. The van der Waals surface area contributed by atoms with Crippen molar-refractivity contribution in [3.8, 4) is 0 Å². The van der Waals surface area contributed by atoms with E-state index < -0.39 is 0 Å². The van der Waals surface area contributed by atoms with Crippen molar-refractivity contribution in [1.29, 1.82) is 0 Å². The number of nitrogens with zero attached hydrogens (tertiary/aromatic N) is 2. The van der Waals surface area contributed by atoms with Crippen molar-refractivity contribution in [1.82, 2.24) is 9.55 Å². The van der Waals surface area contributed by atoms with Crippen LogP contribution in [0, 0.1) is 6.92 Å². The molecule has 0 fully saturated rings. The normalized spacial score (nSPS) is 14.0. The quantitative estimate of drug-likeness (QED) is 0.791. The number of Topliss-reactive ketones (excluding diaryl/α,β-unsaturated/α-hetero) is 1. The van der Waals surface area contributed by atoms with Crippen molar-refractivity contribution in [2.75, 3.05) is 0 Å². The fraction of sp³-hybridized carbons (Fsp3) is 0.375. The molecule has 0 radical (unpaired) electrons. The van der Waals surface area contributed by atoms with Crippen molar-refractivity contribution in [2.45, 2.75) is 39.2 Å². The van der Waals surface area contributed by atoms with Crippen molar-refractivity contribution in [3.05, 3.63) is 51.0 Å². The molecule has 0 N–H and O–H groups in total. The first-order chi connectivity index (χ1) is 10.1. The number of carbonyl (C=O) groups excluding carboxylic acids is 1. The van der Waals surface area contributed by atoms with Crippen LogP contribution in [0.1, 0.15) is 40.4 Å². The molecule has 21 heavy (non-hydrogen) atoms. The van der Waals surface area contributed by atoms with Crippen LogP contribution in [0.2, 0.25) is 10.0 Å². The highest BCUT2D eigenvalue weighted by molar-refractivity contribution is 6.35. The monoisotopic (exact) mass is 322 g/mol. The number of ketones is 1. The van der Waals surface area contributed by atoms with Crippen LogP contribution in [0.5, 0.6) is 0 Å². The summed E-state index contributed by atoms with van der Waals surface area (Å²) in [4.78, 5) is 17.1. The largest absolute Gasteiger partial charge is 0.324 e. The number of halogens is 2. The van der Waals surface area contributed by atoms with Gasteiger partial charge in [-0.15, -0.1) is 0 Å². The lowest BCUT2D eigenvalue weighted by Crippen LogP contribution is -2.16. The van der Waals surface area contributed by atoms with Gasteiger partial charge in [-0.05, 0) is 50.8 Å². The molecule has 0 spiro atoms. The molecule has 0 saturated heterocycles. The molecular formula is C16H16Cl2N2O. The fourth-order valence-electron chi connectivity index (χ4n) is 2.89. The Morgan fingerprint density at radius 3 is 2.86 bits per heavy atom. The number of carbonyl (C=O) groups is 1. The predicted molar refractivity (Wildman–Crippen MR) is 84.4 cm³/mol. The fourth-order valence-corrected chi connectivity index (χ4v) is 3.28. The zero-order valence-electron chi connectivity index (χ0n) is 11.8. The van der Waals surface area contributed by atoms with Crippen LogP contribution in [-0.4, -0.2) is 15.3 Å². The van der Waals surface area contributed by atoms with E-state index in [4.69, 9.17) is 23.2 Å². The minimum absolute atomic E-state index is 0.0311. The Morgan fingerprint density at radius 1 is 1.29 bits per heavy atom. The molecule has 0 aliphatic heterocycles. The van der Waals surface area contributed by atoms with Gasteiger partial charge in [0.25, 0.3) is 0 Å². The van der Waals surface area contributed by atoms with Crippen molar-refractivity contribution < 1.29 is 4.79 Å².